The molecule has 3 aliphatic rings. The number of halogens is 2. The topological polar surface area (TPSA) is 181 Å². The molecule has 4 rings (SSSR count). The van der Waals surface area contributed by atoms with Gasteiger partial charge in [0, 0.05) is 30.0 Å². The molecule has 43 heavy (non-hydrogen) atoms. The number of urea groups is 1. The predicted molar refractivity (Wildman–Crippen MR) is 160 cm³/mol. The maximum Gasteiger partial charge on any atom is 0.316 e. The van der Waals surface area contributed by atoms with Crippen LogP contribution < -0.4 is 21.7 Å². The molecule has 6 atom stereocenters. The number of hydrogen-bond donors (Lipinski definition) is 4. The molecule has 5 N–H and O–H groups in total. The molecule has 236 valence electrons. The van der Waals surface area contributed by atoms with E-state index in [1.54, 1.807) is 40.0 Å². The van der Waals surface area contributed by atoms with Gasteiger partial charge in [-0.2, -0.15) is 0 Å². The number of nitrogens with two attached hydrogens (primary N) is 1. The van der Waals surface area contributed by atoms with E-state index in [9.17, 15) is 28.8 Å². The van der Waals surface area contributed by atoms with Crippen LogP contribution in [0.15, 0.2) is 11.6 Å². The number of carbonyl (C=O) groups is 6. The maximum absolute atomic E-state index is 14.1. The van der Waals surface area contributed by atoms with E-state index in [0.717, 1.165) is 12.8 Å². The number of rotatable bonds is 12. The zero-order chi connectivity index (χ0) is 32.0. The number of fused-ring (bicyclic) bond motifs is 1. The van der Waals surface area contributed by atoms with E-state index in [2.05, 4.69) is 20.9 Å². The fourth-order valence-corrected chi connectivity index (χ4v) is 7.06. The lowest BCUT2D eigenvalue weighted by atomic mass is 9.85. The summed E-state index contributed by atoms with van der Waals surface area (Å²) in [5, 5.41) is 9.95. The third-order valence-corrected chi connectivity index (χ3v) is 10.1. The third kappa shape index (κ3) is 7.15. The van der Waals surface area contributed by atoms with Gasteiger partial charge in [-0.3, -0.25) is 24.0 Å². The van der Waals surface area contributed by atoms with Gasteiger partial charge in [0.05, 0.1) is 12.1 Å². The maximum atomic E-state index is 14.1. The fraction of sp³-hybridized carbons (Fsp3) is 0.679. The summed E-state index contributed by atoms with van der Waals surface area (Å²) in [6.45, 7) is 8.89. The summed E-state index contributed by atoms with van der Waals surface area (Å²) in [6, 6.07) is -5.00. The quantitative estimate of drug-likeness (QED) is 0.151. The Balaban J connectivity index is 1.53. The van der Waals surface area contributed by atoms with Crippen molar-refractivity contribution >= 4 is 69.9 Å². The van der Waals surface area contributed by atoms with Gasteiger partial charge in [-0.15, -0.1) is 34.5 Å². The second kappa shape index (κ2) is 12.3. The minimum Gasteiger partial charge on any atom is -0.363 e. The van der Waals surface area contributed by atoms with Crippen molar-refractivity contribution in [3.63, 3.8) is 0 Å². The van der Waals surface area contributed by atoms with Crippen molar-refractivity contribution in [2.45, 2.75) is 82.4 Å². The molecule has 5 amide bonds. The molecule has 2 saturated carbocycles. The first kappa shape index (κ1) is 33.1. The Morgan fingerprint density at radius 2 is 1.77 bits per heavy atom. The molecule has 1 aromatic heterocycles. The van der Waals surface area contributed by atoms with Crippen LogP contribution in [0.4, 0.5) is 4.79 Å². The lowest BCUT2D eigenvalue weighted by molar-refractivity contribution is -0.144. The number of Topliss-reactive ketones (excluding diaryl/α,β-unsaturated/α-hetero) is 2. The number of nitrogens with zero attached hydrogens (tertiary/aromatic N) is 2. The first-order valence-corrected chi connectivity index (χ1v) is 15.9. The van der Waals surface area contributed by atoms with Crippen LogP contribution in [0, 0.1) is 29.1 Å². The standard InChI is InChI=1S/C28H38Cl2N6O6S/c1-12(2)17(20(38)24-32-8-9-43-24)34-26(42)35-21(27(3,4)5)25(41)36-11-14-16(28(14,29)30)18(36)23(40)33-15(10-13-6-7-13)19(37)22(31)39/h8-9,12-18,21H,6-7,10-11H2,1-5H3,(H2,31,39)(H,33,40)(H2,34,35,42)/t14-,15?,16-,17-,18-,21+/m0/s1. The smallest absolute Gasteiger partial charge is 0.316 e. The Bertz CT molecular complexity index is 1290. The summed E-state index contributed by atoms with van der Waals surface area (Å²) in [7, 11) is 0. The highest BCUT2D eigenvalue weighted by molar-refractivity contribution is 7.11. The van der Waals surface area contributed by atoms with Crippen molar-refractivity contribution in [1.29, 1.82) is 0 Å². The molecule has 0 spiro atoms. The zero-order valence-electron chi connectivity index (χ0n) is 24.7. The monoisotopic (exact) mass is 656 g/mol. The minimum atomic E-state index is -1.25. The second-order valence-corrected chi connectivity index (χ2v) is 15.4. The van der Waals surface area contributed by atoms with Crippen LogP contribution in [0.25, 0.3) is 0 Å². The van der Waals surface area contributed by atoms with Crippen molar-refractivity contribution in [3.05, 3.63) is 16.6 Å². The van der Waals surface area contributed by atoms with E-state index in [0.29, 0.717) is 0 Å². The number of primary amides is 1. The first-order valence-electron chi connectivity index (χ1n) is 14.3. The van der Waals surface area contributed by atoms with Gasteiger partial charge >= 0.3 is 6.03 Å². The molecular weight excluding hydrogens is 619 g/mol. The number of alkyl halides is 2. The van der Waals surface area contributed by atoms with Gasteiger partial charge in [-0.25, -0.2) is 9.78 Å². The average molecular weight is 658 g/mol. The number of hydrogen-bond acceptors (Lipinski definition) is 8. The molecule has 1 saturated heterocycles. The molecule has 2 heterocycles. The minimum absolute atomic E-state index is 0.0542. The SMILES string of the molecule is CC(C)[C@H](NC(=O)N[C@H](C(=O)N1C[C@H]2[C@@H]([C@H]1C(=O)NC(CC1CC1)C(=O)C(N)=O)C2(Cl)Cl)C(C)(C)C)C(=O)c1nccs1. The fourth-order valence-electron chi connectivity index (χ4n) is 5.62. The largest absolute Gasteiger partial charge is 0.363 e. The average Bonchev–Trinajstić information content (AvgIpc) is 3.60. The second-order valence-electron chi connectivity index (χ2n) is 13.1. The van der Waals surface area contributed by atoms with Crippen molar-refractivity contribution in [2.75, 3.05) is 6.54 Å². The Kier molecular flexibility index (Phi) is 9.49. The van der Waals surface area contributed by atoms with E-state index in [-0.39, 0.29) is 35.6 Å². The summed E-state index contributed by atoms with van der Waals surface area (Å²) in [5.74, 6) is -4.73. The van der Waals surface area contributed by atoms with Crippen LogP contribution in [0.5, 0.6) is 0 Å². The highest BCUT2D eigenvalue weighted by Crippen LogP contribution is 2.65. The van der Waals surface area contributed by atoms with Crippen molar-refractivity contribution < 1.29 is 28.8 Å². The van der Waals surface area contributed by atoms with Gasteiger partial charge in [-0.1, -0.05) is 47.5 Å². The predicted octanol–water partition coefficient (Wildman–Crippen LogP) is 2.03. The number of nitrogens with one attached hydrogen (secondary N) is 3. The normalized spacial score (nSPS) is 24.4. The highest BCUT2D eigenvalue weighted by Gasteiger charge is 2.74. The molecule has 2 aliphatic carbocycles. The molecule has 1 aromatic rings. The molecule has 3 fully saturated rings. The van der Waals surface area contributed by atoms with Crippen LogP contribution in [0.2, 0.25) is 0 Å². The summed E-state index contributed by atoms with van der Waals surface area (Å²) < 4.78 is -1.25. The highest BCUT2D eigenvalue weighted by atomic mass is 35.5. The van der Waals surface area contributed by atoms with Gasteiger partial charge in [0.1, 0.15) is 16.4 Å². The van der Waals surface area contributed by atoms with Crippen LogP contribution in [-0.4, -0.2) is 80.2 Å². The van der Waals surface area contributed by atoms with Crippen molar-refractivity contribution in [1.82, 2.24) is 25.8 Å². The van der Waals surface area contributed by atoms with Gasteiger partial charge < -0.3 is 26.6 Å². The summed E-state index contributed by atoms with van der Waals surface area (Å²) in [6.07, 6.45) is 3.51. The lowest BCUT2D eigenvalue weighted by Crippen LogP contribution is -2.62. The molecule has 1 aliphatic heterocycles. The van der Waals surface area contributed by atoms with Gasteiger partial charge in [-0.05, 0) is 23.7 Å². The number of aromatic nitrogens is 1. The van der Waals surface area contributed by atoms with Gasteiger partial charge in [0.2, 0.25) is 23.4 Å². The number of thiazole rings is 1. The molecule has 0 bridgehead atoms. The number of piperidine rings is 1. The lowest BCUT2D eigenvalue weighted by Gasteiger charge is -2.37. The van der Waals surface area contributed by atoms with E-state index in [1.165, 1.54) is 22.4 Å². The first-order chi connectivity index (χ1) is 19.9. The Morgan fingerprint density at radius 3 is 2.28 bits per heavy atom. The van der Waals surface area contributed by atoms with Crippen molar-refractivity contribution in [3.8, 4) is 0 Å². The van der Waals surface area contributed by atoms with E-state index >= 15 is 0 Å². The van der Waals surface area contributed by atoms with Crippen LogP contribution >= 0.6 is 34.5 Å². The molecular formula is C28H38Cl2N6O6S. The number of amides is 5. The third-order valence-electron chi connectivity index (χ3n) is 8.29. The molecule has 0 radical (unpaired) electrons. The molecule has 15 heteroatoms. The van der Waals surface area contributed by atoms with Gasteiger partial charge in [0.15, 0.2) is 5.01 Å². The summed E-state index contributed by atoms with van der Waals surface area (Å²) in [5.41, 5.74) is 4.42. The molecule has 0 aromatic carbocycles. The van der Waals surface area contributed by atoms with Crippen LogP contribution in [-0.2, 0) is 19.2 Å². The Labute approximate surface area is 264 Å². The zero-order valence-corrected chi connectivity index (χ0v) is 27.0. The number of likely N-dealkylation sites (tertiary alicyclic amines) is 1. The van der Waals surface area contributed by atoms with Crippen LogP contribution in [0.3, 0.4) is 0 Å². The number of carbonyl (C=O) groups excluding carboxylic acids is 6. The Morgan fingerprint density at radius 1 is 1.12 bits per heavy atom. The van der Waals surface area contributed by atoms with Crippen molar-refractivity contribution in [2.24, 2.45) is 34.8 Å². The molecule has 1 unspecified atom stereocenters. The van der Waals surface area contributed by atoms with E-state index < -0.39 is 75.3 Å². The summed E-state index contributed by atoms with van der Waals surface area (Å²) >= 11 is 14.1. The summed E-state index contributed by atoms with van der Waals surface area (Å²) in [4.78, 5) is 83.5. The Hall–Kier alpha value is -2.77. The van der Waals surface area contributed by atoms with E-state index in [4.69, 9.17) is 28.9 Å². The molecule has 12 nitrogen and oxygen atoms in total. The van der Waals surface area contributed by atoms with Crippen LogP contribution in [0.1, 0.15) is 63.7 Å². The number of ketones is 2. The van der Waals surface area contributed by atoms with Gasteiger partial charge in [0.25, 0.3) is 5.91 Å². The van der Waals surface area contributed by atoms with E-state index in [1.807, 2.05) is 0 Å².